The zero-order chi connectivity index (χ0) is 15.7. The molecule has 1 atom stereocenters. The van der Waals surface area contributed by atoms with Crippen molar-refractivity contribution in [2.24, 2.45) is 5.92 Å². The van der Waals surface area contributed by atoms with E-state index < -0.39 is 5.97 Å². The molecule has 0 aliphatic heterocycles. The number of hydrogen-bond acceptors (Lipinski definition) is 3. The van der Waals surface area contributed by atoms with Crippen molar-refractivity contribution >= 4 is 23.6 Å². The molecule has 1 aromatic carbocycles. The number of benzene rings is 1. The lowest BCUT2D eigenvalue weighted by molar-refractivity contribution is -0.137. The van der Waals surface area contributed by atoms with Gasteiger partial charge in [-0.05, 0) is 17.9 Å². The molecule has 0 aromatic heterocycles. The van der Waals surface area contributed by atoms with Gasteiger partial charge in [0.1, 0.15) is 0 Å². The van der Waals surface area contributed by atoms with E-state index in [0.29, 0.717) is 13.0 Å². The van der Waals surface area contributed by atoms with Crippen LogP contribution in [0.25, 0.3) is 0 Å². The first-order valence-electron chi connectivity index (χ1n) is 7.15. The van der Waals surface area contributed by atoms with E-state index in [1.807, 2.05) is 32.0 Å². The summed E-state index contributed by atoms with van der Waals surface area (Å²) in [6, 6.07) is 10.1. The molecule has 0 fully saturated rings. The number of carbonyl (C=O) groups is 2. The van der Waals surface area contributed by atoms with Crippen molar-refractivity contribution in [3.8, 4) is 0 Å². The number of carboxylic acids is 1. The molecular formula is C16H23NO3S. The number of hydrogen-bond donors (Lipinski definition) is 2. The van der Waals surface area contributed by atoms with Gasteiger partial charge in [0.25, 0.3) is 0 Å². The molecule has 1 amide bonds. The fourth-order valence-corrected chi connectivity index (χ4v) is 3.07. The third-order valence-electron chi connectivity index (χ3n) is 3.00. The van der Waals surface area contributed by atoms with Crippen LogP contribution in [0.15, 0.2) is 30.3 Å². The molecule has 1 unspecified atom stereocenters. The zero-order valence-corrected chi connectivity index (χ0v) is 13.4. The Hall–Kier alpha value is -1.49. The fourth-order valence-electron chi connectivity index (χ4n) is 1.88. The summed E-state index contributed by atoms with van der Waals surface area (Å²) in [4.78, 5) is 22.6. The Kier molecular flexibility index (Phi) is 7.90. The molecular weight excluding hydrogens is 286 g/mol. The predicted molar refractivity (Wildman–Crippen MR) is 86.2 cm³/mol. The summed E-state index contributed by atoms with van der Waals surface area (Å²) in [5, 5.41) is 11.3. The first kappa shape index (κ1) is 17.6. The molecule has 0 saturated heterocycles. The van der Waals surface area contributed by atoms with Crippen LogP contribution in [-0.2, 0) is 15.3 Å². The summed E-state index contributed by atoms with van der Waals surface area (Å²) >= 11 is 1.63. The lowest BCUT2D eigenvalue weighted by Crippen LogP contribution is -2.36. The van der Waals surface area contributed by atoms with Gasteiger partial charge in [-0.2, -0.15) is 0 Å². The largest absolute Gasteiger partial charge is 0.481 e. The van der Waals surface area contributed by atoms with Crippen molar-refractivity contribution in [2.45, 2.75) is 37.7 Å². The second-order valence-electron chi connectivity index (χ2n) is 5.25. The van der Waals surface area contributed by atoms with Gasteiger partial charge in [0.2, 0.25) is 5.91 Å². The van der Waals surface area contributed by atoms with E-state index >= 15 is 0 Å². The summed E-state index contributed by atoms with van der Waals surface area (Å²) in [5.74, 6) is 0.198. The molecule has 0 bridgehead atoms. The lowest BCUT2D eigenvalue weighted by Gasteiger charge is -2.19. The smallest absolute Gasteiger partial charge is 0.303 e. The second-order valence-corrected chi connectivity index (χ2v) is 6.38. The number of carbonyl (C=O) groups excluding carboxylic acids is 1. The van der Waals surface area contributed by atoms with Crippen molar-refractivity contribution in [3.05, 3.63) is 35.9 Å². The first-order chi connectivity index (χ1) is 10.0. The Morgan fingerprint density at radius 1 is 1.24 bits per heavy atom. The normalized spacial score (nSPS) is 12.1. The molecule has 0 heterocycles. The Balaban J connectivity index is 2.41. The highest BCUT2D eigenvalue weighted by Gasteiger charge is 2.22. The summed E-state index contributed by atoms with van der Waals surface area (Å²) in [7, 11) is 0. The summed E-state index contributed by atoms with van der Waals surface area (Å²) in [6.07, 6.45) is 0.555. The molecule has 1 aromatic rings. The predicted octanol–water partition coefficient (Wildman–Crippen LogP) is 2.93. The van der Waals surface area contributed by atoms with Gasteiger partial charge in [-0.1, -0.05) is 44.2 Å². The van der Waals surface area contributed by atoms with E-state index in [9.17, 15) is 9.59 Å². The summed E-state index contributed by atoms with van der Waals surface area (Å²) in [5.41, 5.74) is 1.20. The topological polar surface area (TPSA) is 66.4 Å². The van der Waals surface area contributed by atoms with Crippen molar-refractivity contribution in [1.82, 2.24) is 5.32 Å². The van der Waals surface area contributed by atoms with Crippen molar-refractivity contribution in [1.29, 1.82) is 0 Å². The molecule has 0 aliphatic rings. The molecule has 5 heteroatoms. The Bertz CT molecular complexity index is 448. The van der Waals surface area contributed by atoms with Gasteiger partial charge in [-0.25, -0.2) is 0 Å². The van der Waals surface area contributed by atoms with Crippen LogP contribution in [0.5, 0.6) is 0 Å². The number of carboxylic acid groups (broad SMARTS) is 1. The van der Waals surface area contributed by atoms with Gasteiger partial charge in [0.15, 0.2) is 0 Å². The number of thioether (sulfide) groups is 1. The average Bonchev–Trinajstić information content (AvgIpc) is 2.44. The average molecular weight is 309 g/mol. The van der Waals surface area contributed by atoms with E-state index in [1.165, 1.54) is 5.56 Å². The Labute approximate surface area is 130 Å². The highest BCUT2D eigenvalue weighted by molar-refractivity contribution is 7.99. The Morgan fingerprint density at radius 3 is 2.48 bits per heavy atom. The van der Waals surface area contributed by atoms with Crippen LogP contribution in [0, 0.1) is 5.92 Å². The van der Waals surface area contributed by atoms with Gasteiger partial charge in [-0.15, -0.1) is 11.8 Å². The molecule has 2 N–H and O–H groups in total. The lowest BCUT2D eigenvalue weighted by atomic mass is 10.1. The zero-order valence-electron chi connectivity index (χ0n) is 12.5. The van der Waals surface area contributed by atoms with Crippen LogP contribution in [0.1, 0.15) is 32.3 Å². The van der Waals surface area contributed by atoms with E-state index in [2.05, 4.69) is 17.4 Å². The third-order valence-corrected chi connectivity index (χ3v) is 4.62. The summed E-state index contributed by atoms with van der Waals surface area (Å²) in [6.45, 7) is 4.47. The van der Waals surface area contributed by atoms with E-state index in [0.717, 1.165) is 5.75 Å². The van der Waals surface area contributed by atoms with Gasteiger partial charge in [0, 0.05) is 18.7 Å². The molecule has 0 radical (unpaired) electrons. The number of aliphatic carboxylic acids is 1. The Morgan fingerprint density at radius 2 is 1.90 bits per heavy atom. The van der Waals surface area contributed by atoms with Gasteiger partial charge < -0.3 is 10.4 Å². The highest BCUT2D eigenvalue weighted by Crippen LogP contribution is 2.23. The number of rotatable bonds is 9. The maximum Gasteiger partial charge on any atom is 0.303 e. The van der Waals surface area contributed by atoms with E-state index in [1.54, 1.807) is 11.8 Å². The molecule has 0 spiro atoms. The van der Waals surface area contributed by atoms with Crippen molar-refractivity contribution in [3.63, 3.8) is 0 Å². The van der Waals surface area contributed by atoms with Crippen molar-refractivity contribution in [2.75, 3.05) is 6.54 Å². The van der Waals surface area contributed by atoms with Crippen molar-refractivity contribution < 1.29 is 14.7 Å². The number of nitrogens with one attached hydrogen (secondary N) is 1. The van der Waals surface area contributed by atoms with Gasteiger partial charge in [0.05, 0.1) is 5.25 Å². The first-order valence-corrected chi connectivity index (χ1v) is 8.20. The van der Waals surface area contributed by atoms with Crippen LogP contribution >= 0.6 is 11.8 Å². The maximum atomic E-state index is 12.2. The third kappa shape index (κ3) is 7.18. The van der Waals surface area contributed by atoms with Crippen LogP contribution in [-0.4, -0.2) is 28.8 Å². The minimum atomic E-state index is -0.830. The van der Waals surface area contributed by atoms with Crippen LogP contribution in [0.4, 0.5) is 0 Å². The van der Waals surface area contributed by atoms with E-state index in [4.69, 9.17) is 5.11 Å². The monoisotopic (exact) mass is 309 g/mol. The standard InChI is InChI=1S/C16H23NO3S/c1-12(2)15(16(20)17-10-6-9-14(18)19)21-11-13-7-4-3-5-8-13/h3-5,7-8,12,15H,6,9-11H2,1-2H3,(H,17,20)(H,18,19). The molecule has 21 heavy (non-hydrogen) atoms. The molecule has 0 aliphatic carbocycles. The highest BCUT2D eigenvalue weighted by atomic mass is 32.2. The van der Waals surface area contributed by atoms with E-state index in [-0.39, 0.29) is 23.5 Å². The quantitative estimate of drug-likeness (QED) is 0.688. The fraction of sp³-hybridized carbons (Fsp3) is 0.500. The minimum Gasteiger partial charge on any atom is -0.481 e. The molecule has 116 valence electrons. The summed E-state index contributed by atoms with van der Waals surface area (Å²) < 4.78 is 0. The molecule has 0 saturated carbocycles. The van der Waals surface area contributed by atoms with Gasteiger partial charge >= 0.3 is 5.97 Å². The molecule has 4 nitrogen and oxygen atoms in total. The van der Waals surface area contributed by atoms with Crippen LogP contribution in [0.2, 0.25) is 0 Å². The molecule has 1 rings (SSSR count). The van der Waals surface area contributed by atoms with Crippen LogP contribution in [0.3, 0.4) is 0 Å². The van der Waals surface area contributed by atoms with Crippen LogP contribution < -0.4 is 5.32 Å². The maximum absolute atomic E-state index is 12.2. The SMILES string of the molecule is CC(C)C(SCc1ccccc1)C(=O)NCCCC(=O)O. The number of amides is 1. The minimum absolute atomic E-state index is 0.00341. The van der Waals surface area contributed by atoms with Gasteiger partial charge in [-0.3, -0.25) is 9.59 Å². The second kappa shape index (κ2) is 9.45.